The molecule has 1 aromatic rings. The molecule has 17 heavy (non-hydrogen) atoms. The maximum atomic E-state index is 10.9. The molecule has 92 valence electrons. The summed E-state index contributed by atoms with van der Waals surface area (Å²) in [5.41, 5.74) is 2.76. The van der Waals surface area contributed by atoms with Crippen LogP contribution in [0, 0.1) is 18.3 Å². The van der Waals surface area contributed by atoms with Crippen LogP contribution < -0.4 is 5.32 Å². The summed E-state index contributed by atoms with van der Waals surface area (Å²) in [5.74, 6) is 0.141. The third kappa shape index (κ3) is 4.98. The van der Waals surface area contributed by atoms with Crippen molar-refractivity contribution in [3.63, 3.8) is 0 Å². The molecular weight excluding hydrogens is 236 g/mol. The van der Waals surface area contributed by atoms with Crippen molar-refractivity contribution in [2.75, 3.05) is 18.6 Å². The average molecular weight is 252 g/mol. The molecule has 0 saturated heterocycles. The van der Waals surface area contributed by atoms with Crippen molar-refractivity contribution in [2.45, 2.75) is 13.5 Å². The molecule has 0 fully saturated rings. The van der Waals surface area contributed by atoms with E-state index in [4.69, 9.17) is 5.26 Å². The molecule has 0 unspecified atom stereocenters. The van der Waals surface area contributed by atoms with E-state index in [-0.39, 0.29) is 5.75 Å². The maximum absolute atomic E-state index is 10.9. The van der Waals surface area contributed by atoms with Crippen LogP contribution in [0.4, 0.5) is 0 Å². The SMILES string of the molecule is Cc1cc(C#N)ccc1CNCCS(C)(=O)=O. The average Bonchev–Trinajstić information content (AvgIpc) is 2.24. The van der Waals surface area contributed by atoms with Crippen molar-refractivity contribution in [2.24, 2.45) is 0 Å². The number of sulfone groups is 1. The highest BCUT2D eigenvalue weighted by molar-refractivity contribution is 7.90. The largest absolute Gasteiger partial charge is 0.312 e. The lowest BCUT2D eigenvalue weighted by Gasteiger charge is -2.07. The summed E-state index contributed by atoms with van der Waals surface area (Å²) >= 11 is 0. The second-order valence-corrected chi connectivity index (χ2v) is 6.32. The molecule has 0 bridgehead atoms. The molecule has 1 rings (SSSR count). The lowest BCUT2D eigenvalue weighted by atomic mass is 10.1. The Morgan fingerprint density at radius 3 is 2.65 bits per heavy atom. The van der Waals surface area contributed by atoms with E-state index in [1.807, 2.05) is 19.1 Å². The van der Waals surface area contributed by atoms with Gasteiger partial charge in [0.15, 0.2) is 0 Å². The van der Waals surface area contributed by atoms with Crippen molar-refractivity contribution >= 4 is 9.84 Å². The number of rotatable bonds is 5. The molecule has 0 saturated carbocycles. The third-order valence-electron chi connectivity index (χ3n) is 2.44. The van der Waals surface area contributed by atoms with Gasteiger partial charge in [-0.05, 0) is 30.2 Å². The second kappa shape index (κ2) is 5.80. The highest BCUT2D eigenvalue weighted by Crippen LogP contribution is 2.10. The Morgan fingerprint density at radius 1 is 1.41 bits per heavy atom. The Morgan fingerprint density at radius 2 is 2.12 bits per heavy atom. The lowest BCUT2D eigenvalue weighted by molar-refractivity contribution is 0.596. The number of nitrogens with one attached hydrogen (secondary N) is 1. The molecule has 0 amide bonds. The van der Waals surface area contributed by atoms with Gasteiger partial charge in [0.2, 0.25) is 0 Å². The van der Waals surface area contributed by atoms with Gasteiger partial charge in [0.1, 0.15) is 9.84 Å². The van der Waals surface area contributed by atoms with Gasteiger partial charge in [0.25, 0.3) is 0 Å². The fraction of sp³-hybridized carbons (Fsp3) is 0.417. The quantitative estimate of drug-likeness (QED) is 0.794. The Hall–Kier alpha value is -1.38. The van der Waals surface area contributed by atoms with Crippen LogP contribution in [0.5, 0.6) is 0 Å². The normalized spacial score (nSPS) is 11.1. The number of benzene rings is 1. The zero-order chi connectivity index (χ0) is 12.9. The van der Waals surface area contributed by atoms with E-state index in [2.05, 4.69) is 11.4 Å². The molecular formula is C12H16N2O2S. The van der Waals surface area contributed by atoms with Crippen LogP contribution in [0.25, 0.3) is 0 Å². The predicted octanol–water partition coefficient (Wildman–Crippen LogP) is 1.00. The summed E-state index contributed by atoms with van der Waals surface area (Å²) in [7, 11) is -2.90. The van der Waals surface area contributed by atoms with Gasteiger partial charge in [0, 0.05) is 19.3 Å². The zero-order valence-corrected chi connectivity index (χ0v) is 10.8. The van der Waals surface area contributed by atoms with E-state index < -0.39 is 9.84 Å². The number of nitrogens with zero attached hydrogens (tertiary/aromatic N) is 1. The van der Waals surface area contributed by atoms with E-state index >= 15 is 0 Å². The van der Waals surface area contributed by atoms with E-state index in [1.54, 1.807) is 6.07 Å². The Labute approximate surface area is 102 Å². The number of aryl methyl sites for hydroxylation is 1. The van der Waals surface area contributed by atoms with Gasteiger partial charge in [-0.25, -0.2) is 8.42 Å². The molecule has 0 aromatic heterocycles. The molecule has 0 spiro atoms. The fourth-order valence-electron chi connectivity index (χ4n) is 1.44. The van der Waals surface area contributed by atoms with E-state index in [1.165, 1.54) is 6.26 Å². The first-order chi connectivity index (χ1) is 7.92. The van der Waals surface area contributed by atoms with Crippen molar-refractivity contribution < 1.29 is 8.42 Å². The minimum atomic E-state index is -2.90. The fourth-order valence-corrected chi connectivity index (χ4v) is 1.96. The van der Waals surface area contributed by atoms with Crippen LogP contribution in [0.1, 0.15) is 16.7 Å². The van der Waals surface area contributed by atoms with Gasteiger partial charge < -0.3 is 5.32 Å². The summed E-state index contributed by atoms with van der Waals surface area (Å²) in [6.07, 6.45) is 1.22. The van der Waals surface area contributed by atoms with E-state index in [9.17, 15) is 8.42 Å². The van der Waals surface area contributed by atoms with Gasteiger partial charge in [-0.3, -0.25) is 0 Å². The summed E-state index contributed by atoms with van der Waals surface area (Å²) in [5, 5.41) is 11.8. The first-order valence-electron chi connectivity index (χ1n) is 5.30. The Balaban J connectivity index is 2.51. The number of hydrogen-bond donors (Lipinski definition) is 1. The molecule has 0 aliphatic carbocycles. The topological polar surface area (TPSA) is 70.0 Å². The van der Waals surface area contributed by atoms with Crippen molar-refractivity contribution in [1.82, 2.24) is 5.32 Å². The van der Waals surface area contributed by atoms with Crippen LogP contribution in [-0.4, -0.2) is 27.0 Å². The van der Waals surface area contributed by atoms with E-state index in [0.29, 0.717) is 18.7 Å². The van der Waals surface area contributed by atoms with Crippen LogP contribution in [0.15, 0.2) is 18.2 Å². The molecule has 0 aliphatic rings. The van der Waals surface area contributed by atoms with Crippen LogP contribution >= 0.6 is 0 Å². The number of hydrogen-bond acceptors (Lipinski definition) is 4. The monoisotopic (exact) mass is 252 g/mol. The summed E-state index contributed by atoms with van der Waals surface area (Å²) in [6, 6.07) is 7.56. The van der Waals surface area contributed by atoms with Gasteiger partial charge in [-0.15, -0.1) is 0 Å². The van der Waals surface area contributed by atoms with Crippen LogP contribution in [0.2, 0.25) is 0 Å². The Bertz CT molecular complexity index is 530. The van der Waals surface area contributed by atoms with Crippen molar-refractivity contribution in [3.8, 4) is 6.07 Å². The molecule has 1 aromatic carbocycles. The minimum absolute atomic E-state index is 0.141. The Kier molecular flexibility index (Phi) is 4.67. The standard InChI is InChI=1S/C12H16N2O2S/c1-10-7-11(8-13)3-4-12(10)9-14-5-6-17(2,15)16/h3-4,7,14H,5-6,9H2,1-2H3. The number of nitriles is 1. The van der Waals surface area contributed by atoms with Crippen LogP contribution in [-0.2, 0) is 16.4 Å². The lowest BCUT2D eigenvalue weighted by Crippen LogP contribution is -2.22. The molecule has 0 heterocycles. The first-order valence-corrected chi connectivity index (χ1v) is 7.36. The van der Waals surface area contributed by atoms with Gasteiger partial charge >= 0.3 is 0 Å². The van der Waals surface area contributed by atoms with Gasteiger partial charge in [0.05, 0.1) is 17.4 Å². The molecule has 1 N–H and O–H groups in total. The molecule has 0 atom stereocenters. The van der Waals surface area contributed by atoms with E-state index in [0.717, 1.165) is 11.1 Å². The summed E-state index contributed by atoms with van der Waals surface area (Å²) < 4.78 is 21.8. The smallest absolute Gasteiger partial charge is 0.148 e. The highest BCUT2D eigenvalue weighted by atomic mass is 32.2. The zero-order valence-electron chi connectivity index (χ0n) is 10.0. The second-order valence-electron chi connectivity index (χ2n) is 4.06. The summed E-state index contributed by atoms with van der Waals surface area (Å²) in [4.78, 5) is 0. The minimum Gasteiger partial charge on any atom is -0.312 e. The maximum Gasteiger partial charge on any atom is 0.148 e. The molecule has 5 heteroatoms. The van der Waals surface area contributed by atoms with Gasteiger partial charge in [-0.1, -0.05) is 6.07 Å². The first kappa shape index (κ1) is 13.7. The van der Waals surface area contributed by atoms with Crippen molar-refractivity contribution in [3.05, 3.63) is 34.9 Å². The predicted molar refractivity (Wildman–Crippen MR) is 67.3 cm³/mol. The third-order valence-corrected chi connectivity index (χ3v) is 3.38. The summed E-state index contributed by atoms with van der Waals surface area (Å²) in [6.45, 7) is 3.00. The molecule has 0 radical (unpaired) electrons. The molecule has 0 aliphatic heterocycles. The van der Waals surface area contributed by atoms with Crippen LogP contribution in [0.3, 0.4) is 0 Å². The molecule has 4 nitrogen and oxygen atoms in total. The highest BCUT2D eigenvalue weighted by Gasteiger charge is 2.02. The van der Waals surface area contributed by atoms with Gasteiger partial charge in [-0.2, -0.15) is 5.26 Å². The van der Waals surface area contributed by atoms with Crippen molar-refractivity contribution in [1.29, 1.82) is 5.26 Å².